The molecule has 0 aliphatic heterocycles. The van der Waals surface area contributed by atoms with E-state index >= 15 is 0 Å². The Bertz CT molecular complexity index is 858. The predicted molar refractivity (Wildman–Crippen MR) is 114 cm³/mol. The lowest BCUT2D eigenvalue weighted by Crippen LogP contribution is -2.49. The Morgan fingerprint density at radius 1 is 1.10 bits per heavy atom. The van der Waals surface area contributed by atoms with Crippen molar-refractivity contribution in [2.45, 2.75) is 52.2 Å². The third kappa shape index (κ3) is 6.72. The van der Waals surface area contributed by atoms with Crippen molar-refractivity contribution in [3.63, 3.8) is 0 Å². The van der Waals surface area contributed by atoms with Gasteiger partial charge in [0.05, 0.1) is 6.42 Å². The minimum atomic E-state index is -0.705. The van der Waals surface area contributed by atoms with Crippen molar-refractivity contribution in [2.75, 3.05) is 0 Å². The normalized spacial score (nSPS) is 12.9. The zero-order chi connectivity index (χ0) is 21.6. The molecule has 2 atom stereocenters. The van der Waals surface area contributed by atoms with Gasteiger partial charge < -0.3 is 10.2 Å². The van der Waals surface area contributed by atoms with Gasteiger partial charge in [-0.05, 0) is 55.7 Å². The summed E-state index contributed by atoms with van der Waals surface area (Å²) in [7, 11) is 0. The van der Waals surface area contributed by atoms with Gasteiger partial charge in [0.2, 0.25) is 11.8 Å². The molecule has 2 aromatic carbocycles. The first kappa shape index (κ1) is 23.2. The summed E-state index contributed by atoms with van der Waals surface area (Å²) < 4.78 is 13.2. The molecule has 0 aromatic heterocycles. The fourth-order valence-corrected chi connectivity index (χ4v) is 3.23. The first-order chi connectivity index (χ1) is 13.7. The highest BCUT2D eigenvalue weighted by atomic mass is 35.5. The maximum absolute atomic E-state index is 13.2. The van der Waals surface area contributed by atoms with E-state index in [1.807, 2.05) is 13.8 Å². The summed E-state index contributed by atoms with van der Waals surface area (Å²) in [5, 5.41) is 3.82. The molecule has 0 bridgehead atoms. The number of carbonyl (C=O) groups is 2. The van der Waals surface area contributed by atoms with E-state index in [1.54, 1.807) is 37.3 Å². The van der Waals surface area contributed by atoms with E-state index in [0.29, 0.717) is 21.2 Å². The highest BCUT2D eigenvalue weighted by Gasteiger charge is 2.27. The number of hydrogen-bond donors (Lipinski definition) is 1. The fraction of sp³-hybridized carbons (Fsp3) is 0.364. The number of benzene rings is 2. The fourth-order valence-electron chi connectivity index (χ4n) is 2.76. The Kier molecular flexibility index (Phi) is 8.47. The second-order valence-corrected chi connectivity index (χ2v) is 7.90. The molecule has 1 N–H and O–H groups in total. The van der Waals surface area contributed by atoms with Crippen molar-refractivity contribution >= 4 is 35.0 Å². The summed E-state index contributed by atoms with van der Waals surface area (Å²) in [6.45, 7) is 5.72. The van der Waals surface area contributed by atoms with Gasteiger partial charge >= 0.3 is 0 Å². The molecule has 0 radical (unpaired) electrons. The number of rotatable bonds is 8. The van der Waals surface area contributed by atoms with E-state index < -0.39 is 6.04 Å². The number of amides is 2. The number of carbonyl (C=O) groups excluding carboxylic acids is 2. The molecule has 2 amide bonds. The summed E-state index contributed by atoms with van der Waals surface area (Å²) in [4.78, 5) is 27.2. The Balaban J connectivity index is 2.26. The van der Waals surface area contributed by atoms with Crippen LogP contribution < -0.4 is 5.32 Å². The Morgan fingerprint density at radius 2 is 1.76 bits per heavy atom. The van der Waals surface area contributed by atoms with Crippen LogP contribution in [0.3, 0.4) is 0 Å². The Morgan fingerprint density at radius 3 is 2.34 bits per heavy atom. The van der Waals surface area contributed by atoms with E-state index in [4.69, 9.17) is 23.2 Å². The molecular weight excluding hydrogens is 414 g/mol. The van der Waals surface area contributed by atoms with Crippen molar-refractivity contribution in [1.29, 1.82) is 0 Å². The van der Waals surface area contributed by atoms with E-state index in [9.17, 15) is 14.0 Å². The minimum absolute atomic E-state index is 0.00174. The Labute approximate surface area is 181 Å². The Hall–Kier alpha value is -2.11. The highest BCUT2D eigenvalue weighted by Crippen LogP contribution is 2.23. The van der Waals surface area contributed by atoms with E-state index in [1.165, 1.54) is 17.0 Å². The van der Waals surface area contributed by atoms with Crippen molar-refractivity contribution in [1.82, 2.24) is 10.2 Å². The summed E-state index contributed by atoms with van der Waals surface area (Å²) >= 11 is 12.2. The molecule has 4 nitrogen and oxygen atoms in total. The summed E-state index contributed by atoms with van der Waals surface area (Å²) in [5.74, 6) is -0.862. The zero-order valence-electron chi connectivity index (χ0n) is 16.7. The van der Waals surface area contributed by atoms with Gasteiger partial charge in [0.25, 0.3) is 0 Å². The lowest BCUT2D eigenvalue weighted by atomic mass is 10.1. The van der Waals surface area contributed by atoms with Crippen LogP contribution in [0.5, 0.6) is 0 Å². The van der Waals surface area contributed by atoms with Crippen LogP contribution in [0.4, 0.5) is 4.39 Å². The van der Waals surface area contributed by atoms with Crippen LogP contribution in [-0.4, -0.2) is 28.8 Å². The first-order valence-electron chi connectivity index (χ1n) is 9.49. The second kappa shape index (κ2) is 10.6. The molecule has 29 heavy (non-hydrogen) atoms. The first-order valence-corrected chi connectivity index (χ1v) is 10.2. The molecule has 0 aliphatic rings. The average molecular weight is 439 g/mol. The van der Waals surface area contributed by atoms with Crippen LogP contribution >= 0.6 is 23.2 Å². The van der Waals surface area contributed by atoms with Crippen LogP contribution in [-0.2, 0) is 22.6 Å². The van der Waals surface area contributed by atoms with Gasteiger partial charge in [0.1, 0.15) is 11.9 Å². The zero-order valence-corrected chi connectivity index (χ0v) is 18.2. The van der Waals surface area contributed by atoms with Gasteiger partial charge in [-0.2, -0.15) is 0 Å². The van der Waals surface area contributed by atoms with Gasteiger partial charge in [-0.15, -0.1) is 0 Å². The third-order valence-corrected chi connectivity index (χ3v) is 5.38. The molecule has 0 spiro atoms. The topological polar surface area (TPSA) is 49.4 Å². The summed E-state index contributed by atoms with van der Waals surface area (Å²) in [5.41, 5.74) is 1.35. The highest BCUT2D eigenvalue weighted by molar-refractivity contribution is 6.35. The SMILES string of the molecule is CC[C@@H](C)NC(=O)[C@@H](C)N(Cc1ccc(Cl)cc1Cl)C(=O)Cc1ccc(F)cc1. The standard InChI is InChI=1S/C22H25Cl2FN2O2/c1-4-14(2)26-22(29)15(3)27(13-17-7-8-18(23)12-20(17)24)21(28)11-16-5-9-19(25)10-6-16/h5-10,12,14-15H,4,11,13H2,1-3H3,(H,26,29)/t14-,15-/m1/s1. The van der Waals surface area contributed by atoms with Gasteiger partial charge in [0, 0.05) is 22.6 Å². The molecule has 2 rings (SSSR count). The van der Waals surface area contributed by atoms with E-state index in [2.05, 4.69) is 5.32 Å². The lowest BCUT2D eigenvalue weighted by molar-refractivity contribution is -0.140. The minimum Gasteiger partial charge on any atom is -0.352 e. The number of halogens is 3. The molecule has 156 valence electrons. The molecule has 7 heteroatoms. The molecule has 0 saturated heterocycles. The monoisotopic (exact) mass is 438 g/mol. The van der Waals surface area contributed by atoms with Crippen molar-refractivity contribution in [3.8, 4) is 0 Å². The van der Waals surface area contributed by atoms with Crippen LogP contribution in [0.1, 0.15) is 38.3 Å². The summed E-state index contributed by atoms with van der Waals surface area (Å²) in [6, 6.07) is 10.1. The molecule has 0 unspecified atom stereocenters. The smallest absolute Gasteiger partial charge is 0.242 e. The van der Waals surface area contributed by atoms with Crippen molar-refractivity contribution in [2.24, 2.45) is 0 Å². The molecule has 2 aromatic rings. The molecule has 0 fully saturated rings. The second-order valence-electron chi connectivity index (χ2n) is 7.05. The van der Waals surface area contributed by atoms with Crippen LogP contribution in [0, 0.1) is 5.82 Å². The van der Waals surface area contributed by atoms with Crippen molar-refractivity contribution in [3.05, 3.63) is 69.5 Å². The van der Waals surface area contributed by atoms with Crippen LogP contribution in [0.25, 0.3) is 0 Å². The number of hydrogen-bond acceptors (Lipinski definition) is 2. The number of nitrogens with zero attached hydrogens (tertiary/aromatic N) is 1. The van der Waals surface area contributed by atoms with Gasteiger partial charge in [-0.25, -0.2) is 4.39 Å². The van der Waals surface area contributed by atoms with Crippen LogP contribution in [0.2, 0.25) is 10.0 Å². The number of nitrogens with one attached hydrogen (secondary N) is 1. The molecule has 0 heterocycles. The van der Waals surface area contributed by atoms with Gasteiger partial charge in [-0.1, -0.05) is 48.3 Å². The van der Waals surface area contributed by atoms with Gasteiger partial charge in [0.15, 0.2) is 0 Å². The van der Waals surface area contributed by atoms with Gasteiger partial charge in [-0.3, -0.25) is 9.59 Å². The predicted octanol–water partition coefficient (Wildman–Crippen LogP) is 5.01. The maximum Gasteiger partial charge on any atom is 0.242 e. The van der Waals surface area contributed by atoms with Crippen LogP contribution in [0.15, 0.2) is 42.5 Å². The molecule has 0 aliphatic carbocycles. The average Bonchev–Trinajstić information content (AvgIpc) is 2.68. The third-order valence-electron chi connectivity index (χ3n) is 4.79. The van der Waals surface area contributed by atoms with Crippen molar-refractivity contribution < 1.29 is 14.0 Å². The summed E-state index contributed by atoms with van der Waals surface area (Å²) in [6.07, 6.45) is 0.831. The van der Waals surface area contributed by atoms with E-state index in [0.717, 1.165) is 6.42 Å². The molecule has 0 saturated carbocycles. The quantitative estimate of drug-likeness (QED) is 0.629. The molecular formula is C22H25Cl2FN2O2. The maximum atomic E-state index is 13.2. The largest absolute Gasteiger partial charge is 0.352 e. The lowest BCUT2D eigenvalue weighted by Gasteiger charge is -2.30. The van der Waals surface area contributed by atoms with E-state index in [-0.39, 0.29) is 36.6 Å².